The standard InChI is InChI=1S/C14H18BrFN2O/c1-17-7-3-4-11(9-17)18(2)14(19)10-5-6-13(16)12(15)8-10/h5-6,8,11H,3-4,7,9H2,1-2H3. The van der Waals surface area contributed by atoms with Gasteiger partial charge in [0.05, 0.1) is 4.47 Å². The molecule has 1 aliphatic heterocycles. The van der Waals surface area contributed by atoms with Crippen molar-refractivity contribution in [3.05, 3.63) is 34.1 Å². The van der Waals surface area contributed by atoms with Crippen LogP contribution in [0.15, 0.2) is 22.7 Å². The molecule has 0 bridgehead atoms. The number of rotatable bonds is 2. The van der Waals surface area contributed by atoms with Crippen molar-refractivity contribution in [1.82, 2.24) is 9.80 Å². The molecule has 0 saturated carbocycles. The number of hydrogen-bond donors (Lipinski definition) is 0. The van der Waals surface area contributed by atoms with Crippen LogP contribution >= 0.6 is 15.9 Å². The Hall–Kier alpha value is -0.940. The molecule has 1 unspecified atom stereocenters. The van der Waals surface area contributed by atoms with Crippen LogP contribution in [0.2, 0.25) is 0 Å². The molecule has 1 aromatic rings. The molecule has 0 spiro atoms. The topological polar surface area (TPSA) is 23.6 Å². The number of hydrogen-bond acceptors (Lipinski definition) is 2. The quantitative estimate of drug-likeness (QED) is 0.833. The molecule has 1 aliphatic rings. The second kappa shape index (κ2) is 6.01. The van der Waals surface area contributed by atoms with Gasteiger partial charge in [0.25, 0.3) is 5.91 Å². The van der Waals surface area contributed by atoms with Gasteiger partial charge in [-0.25, -0.2) is 4.39 Å². The number of piperidine rings is 1. The normalized spacial score (nSPS) is 20.3. The van der Waals surface area contributed by atoms with E-state index in [-0.39, 0.29) is 17.8 Å². The first-order valence-electron chi connectivity index (χ1n) is 6.40. The number of halogens is 2. The average molecular weight is 329 g/mol. The third-order valence-electron chi connectivity index (χ3n) is 3.63. The van der Waals surface area contributed by atoms with E-state index in [1.54, 1.807) is 11.0 Å². The molecule has 19 heavy (non-hydrogen) atoms. The lowest BCUT2D eigenvalue weighted by Gasteiger charge is -2.35. The second-order valence-electron chi connectivity index (χ2n) is 5.10. The molecule has 3 nitrogen and oxygen atoms in total. The predicted octanol–water partition coefficient (Wildman–Crippen LogP) is 2.75. The van der Waals surface area contributed by atoms with Gasteiger partial charge in [-0.3, -0.25) is 4.79 Å². The summed E-state index contributed by atoms with van der Waals surface area (Å²) in [6.45, 7) is 1.98. The molecule has 1 amide bonds. The summed E-state index contributed by atoms with van der Waals surface area (Å²) in [5.41, 5.74) is 0.518. The van der Waals surface area contributed by atoms with Gasteiger partial charge in [-0.1, -0.05) is 0 Å². The Morgan fingerprint density at radius 1 is 1.53 bits per heavy atom. The Balaban J connectivity index is 2.11. The van der Waals surface area contributed by atoms with Crippen molar-refractivity contribution in [3.8, 4) is 0 Å². The smallest absolute Gasteiger partial charge is 0.253 e. The van der Waals surface area contributed by atoms with Crippen LogP contribution in [-0.4, -0.2) is 48.9 Å². The molecule has 1 saturated heterocycles. The Bertz CT molecular complexity index is 481. The monoisotopic (exact) mass is 328 g/mol. The van der Waals surface area contributed by atoms with E-state index >= 15 is 0 Å². The number of amides is 1. The van der Waals surface area contributed by atoms with Gasteiger partial charge in [0.15, 0.2) is 0 Å². The first-order chi connectivity index (χ1) is 8.99. The summed E-state index contributed by atoms with van der Waals surface area (Å²) in [5.74, 6) is -0.405. The highest BCUT2D eigenvalue weighted by Gasteiger charge is 2.25. The molecule has 1 aromatic carbocycles. The van der Waals surface area contributed by atoms with Crippen molar-refractivity contribution >= 4 is 21.8 Å². The van der Waals surface area contributed by atoms with E-state index < -0.39 is 0 Å². The van der Waals surface area contributed by atoms with Crippen LogP contribution < -0.4 is 0 Å². The summed E-state index contributed by atoms with van der Waals surface area (Å²) >= 11 is 3.12. The summed E-state index contributed by atoms with van der Waals surface area (Å²) in [5, 5.41) is 0. The lowest BCUT2D eigenvalue weighted by Crippen LogP contribution is -2.47. The van der Waals surface area contributed by atoms with Crippen LogP contribution in [-0.2, 0) is 0 Å². The van der Waals surface area contributed by atoms with Crippen LogP contribution in [0.25, 0.3) is 0 Å². The number of likely N-dealkylation sites (N-methyl/N-ethyl adjacent to an activating group) is 2. The molecular weight excluding hydrogens is 311 g/mol. The van der Waals surface area contributed by atoms with Crippen molar-refractivity contribution in [2.75, 3.05) is 27.2 Å². The fourth-order valence-electron chi connectivity index (χ4n) is 2.45. The minimum Gasteiger partial charge on any atom is -0.337 e. The lowest BCUT2D eigenvalue weighted by molar-refractivity contribution is 0.0644. The van der Waals surface area contributed by atoms with Gasteiger partial charge in [-0.2, -0.15) is 0 Å². The van der Waals surface area contributed by atoms with Crippen molar-refractivity contribution in [2.45, 2.75) is 18.9 Å². The number of likely N-dealkylation sites (tertiary alicyclic amines) is 1. The van der Waals surface area contributed by atoms with Crippen LogP contribution in [0.4, 0.5) is 4.39 Å². The lowest BCUT2D eigenvalue weighted by atomic mass is 10.0. The third kappa shape index (κ3) is 3.34. The summed E-state index contributed by atoms with van der Waals surface area (Å²) in [7, 11) is 3.89. The average Bonchev–Trinajstić information content (AvgIpc) is 2.40. The first kappa shape index (κ1) is 14.5. The van der Waals surface area contributed by atoms with E-state index in [1.807, 2.05) is 7.05 Å². The maximum Gasteiger partial charge on any atom is 0.253 e. The number of nitrogens with zero attached hydrogens (tertiary/aromatic N) is 2. The zero-order chi connectivity index (χ0) is 14.0. The van der Waals surface area contributed by atoms with Gasteiger partial charge in [-0.15, -0.1) is 0 Å². The number of carbonyl (C=O) groups is 1. The van der Waals surface area contributed by atoms with Crippen LogP contribution in [0.5, 0.6) is 0 Å². The predicted molar refractivity (Wildman–Crippen MR) is 76.7 cm³/mol. The number of carbonyl (C=O) groups excluding carboxylic acids is 1. The highest BCUT2D eigenvalue weighted by atomic mass is 79.9. The van der Waals surface area contributed by atoms with E-state index in [2.05, 4.69) is 27.9 Å². The highest BCUT2D eigenvalue weighted by molar-refractivity contribution is 9.10. The second-order valence-corrected chi connectivity index (χ2v) is 5.96. The first-order valence-corrected chi connectivity index (χ1v) is 7.19. The highest BCUT2D eigenvalue weighted by Crippen LogP contribution is 2.20. The van der Waals surface area contributed by atoms with Gasteiger partial charge >= 0.3 is 0 Å². The van der Waals surface area contributed by atoms with Gasteiger partial charge in [-0.05, 0) is 60.6 Å². The maximum atomic E-state index is 13.2. The van der Waals surface area contributed by atoms with Crippen LogP contribution in [0.3, 0.4) is 0 Å². The molecule has 0 aliphatic carbocycles. The van der Waals surface area contributed by atoms with Crippen LogP contribution in [0, 0.1) is 5.82 Å². The molecule has 1 fully saturated rings. The minimum absolute atomic E-state index is 0.0546. The molecule has 5 heteroatoms. The summed E-state index contributed by atoms with van der Waals surface area (Å²) in [4.78, 5) is 16.4. The molecule has 104 valence electrons. The Kier molecular flexibility index (Phi) is 4.58. The summed E-state index contributed by atoms with van der Waals surface area (Å²) in [6.07, 6.45) is 2.13. The van der Waals surface area contributed by atoms with E-state index in [1.165, 1.54) is 12.1 Å². The molecule has 0 aromatic heterocycles. The molecule has 1 heterocycles. The van der Waals surface area contributed by atoms with Gasteiger partial charge in [0.2, 0.25) is 0 Å². The van der Waals surface area contributed by atoms with E-state index in [9.17, 15) is 9.18 Å². The maximum absolute atomic E-state index is 13.2. The van der Waals surface area contributed by atoms with Crippen molar-refractivity contribution < 1.29 is 9.18 Å². The largest absolute Gasteiger partial charge is 0.337 e. The molecule has 0 N–H and O–H groups in total. The zero-order valence-electron chi connectivity index (χ0n) is 11.2. The molecule has 2 rings (SSSR count). The summed E-state index contributed by atoms with van der Waals surface area (Å²) < 4.78 is 13.5. The summed E-state index contributed by atoms with van der Waals surface area (Å²) in [6, 6.07) is 4.62. The number of benzene rings is 1. The van der Waals surface area contributed by atoms with E-state index in [0.717, 1.165) is 25.9 Å². The van der Waals surface area contributed by atoms with Gasteiger partial charge in [0, 0.05) is 25.2 Å². The van der Waals surface area contributed by atoms with Crippen molar-refractivity contribution in [2.24, 2.45) is 0 Å². The Labute approximate surface area is 121 Å². The van der Waals surface area contributed by atoms with E-state index in [4.69, 9.17) is 0 Å². The van der Waals surface area contributed by atoms with Gasteiger partial charge in [0.1, 0.15) is 5.82 Å². The SMILES string of the molecule is CN1CCCC(N(C)C(=O)c2ccc(F)c(Br)c2)C1. The fraction of sp³-hybridized carbons (Fsp3) is 0.500. The molecule has 0 radical (unpaired) electrons. The zero-order valence-corrected chi connectivity index (χ0v) is 12.8. The fourth-order valence-corrected chi connectivity index (χ4v) is 2.83. The Morgan fingerprint density at radius 3 is 2.89 bits per heavy atom. The molecule has 1 atom stereocenters. The van der Waals surface area contributed by atoms with Crippen LogP contribution in [0.1, 0.15) is 23.2 Å². The van der Waals surface area contributed by atoms with E-state index in [0.29, 0.717) is 10.0 Å². The van der Waals surface area contributed by atoms with Crippen molar-refractivity contribution in [1.29, 1.82) is 0 Å². The third-order valence-corrected chi connectivity index (χ3v) is 4.24. The van der Waals surface area contributed by atoms with Gasteiger partial charge < -0.3 is 9.80 Å². The Morgan fingerprint density at radius 2 is 2.26 bits per heavy atom. The minimum atomic E-state index is -0.350. The van der Waals surface area contributed by atoms with Crippen molar-refractivity contribution in [3.63, 3.8) is 0 Å². The molecular formula is C14H18BrFN2O.